The van der Waals surface area contributed by atoms with Crippen molar-refractivity contribution in [3.63, 3.8) is 0 Å². The zero-order chi connectivity index (χ0) is 24.6. The molecule has 0 bridgehead atoms. The molecule has 0 saturated heterocycles. The first kappa shape index (κ1) is 21.2. The second kappa shape index (κ2) is 7.45. The maximum atomic E-state index is 2.45. The van der Waals surface area contributed by atoms with Crippen molar-refractivity contribution < 1.29 is 0 Å². The van der Waals surface area contributed by atoms with E-state index in [-0.39, 0.29) is 5.41 Å². The van der Waals surface area contributed by atoms with Crippen LogP contribution in [0.2, 0.25) is 0 Å². The van der Waals surface area contributed by atoms with Crippen LogP contribution in [0, 0.1) is 13.8 Å². The fourth-order valence-corrected chi connectivity index (χ4v) is 6.19. The van der Waals surface area contributed by atoms with Crippen LogP contribution in [0.3, 0.4) is 0 Å². The fraction of sp³-hybridized carbons (Fsp3) is 0.143. The van der Waals surface area contributed by atoms with Gasteiger partial charge in [0.05, 0.1) is 11.0 Å². The zero-order valence-corrected chi connectivity index (χ0v) is 21.3. The predicted octanol–water partition coefficient (Wildman–Crippen LogP) is 9.37. The topological polar surface area (TPSA) is 4.93 Å². The Morgan fingerprint density at radius 1 is 0.528 bits per heavy atom. The molecule has 7 rings (SSSR count). The number of nitrogens with zero attached hydrogens (tertiary/aromatic N) is 1. The standard InChI is InChI=1S/C35H29N/c1-22-16-17-25(18-23(22)2)24-10-9-11-26(19-24)36-33-15-8-6-13-28(33)30-20-29-27-12-5-7-14-31(27)35(3,4)32(29)21-34(30)36/h5-21H,1-4H3. The summed E-state index contributed by atoms with van der Waals surface area (Å²) in [5.41, 5.74) is 14.4. The molecule has 1 heteroatoms. The van der Waals surface area contributed by atoms with Crippen LogP contribution < -0.4 is 0 Å². The van der Waals surface area contributed by atoms with Gasteiger partial charge in [-0.3, -0.25) is 0 Å². The first-order chi connectivity index (χ1) is 17.4. The molecule has 1 heterocycles. The van der Waals surface area contributed by atoms with E-state index in [1.807, 2.05) is 0 Å². The predicted molar refractivity (Wildman–Crippen MR) is 153 cm³/mol. The van der Waals surface area contributed by atoms with E-state index in [1.54, 1.807) is 0 Å². The van der Waals surface area contributed by atoms with E-state index in [0.717, 1.165) is 0 Å². The molecule has 1 aliphatic carbocycles. The summed E-state index contributed by atoms with van der Waals surface area (Å²) < 4.78 is 2.45. The number of fused-ring (bicyclic) bond motifs is 6. The van der Waals surface area contributed by atoms with Gasteiger partial charge in [-0.1, -0.05) is 86.6 Å². The molecule has 174 valence electrons. The molecular formula is C35H29N. The molecule has 36 heavy (non-hydrogen) atoms. The van der Waals surface area contributed by atoms with Crippen molar-refractivity contribution in [3.05, 3.63) is 125 Å². The molecule has 0 atom stereocenters. The van der Waals surface area contributed by atoms with Gasteiger partial charge in [0.1, 0.15) is 0 Å². The van der Waals surface area contributed by atoms with Crippen LogP contribution in [0.1, 0.15) is 36.1 Å². The minimum absolute atomic E-state index is 0.0251. The van der Waals surface area contributed by atoms with Crippen molar-refractivity contribution in [2.75, 3.05) is 0 Å². The van der Waals surface area contributed by atoms with Crippen molar-refractivity contribution in [2.45, 2.75) is 33.1 Å². The van der Waals surface area contributed by atoms with Crippen molar-refractivity contribution in [3.8, 4) is 27.9 Å². The Balaban J connectivity index is 1.52. The van der Waals surface area contributed by atoms with Crippen LogP contribution >= 0.6 is 0 Å². The summed E-state index contributed by atoms with van der Waals surface area (Å²) in [6.07, 6.45) is 0. The highest BCUT2D eigenvalue weighted by Gasteiger charge is 2.36. The number of hydrogen-bond acceptors (Lipinski definition) is 0. The van der Waals surface area contributed by atoms with Crippen LogP contribution in [-0.2, 0) is 5.41 Å². The van der Waals surface area contributed by atoms with Crippen LogP contribution in [0.4, 0.5) is 0 Å². The second-order valence-electron chi connectivity index (χ2n) is 10.8. The molecule has 0 saturated carbocycles. The molecule has 0 radical (unpaired) electrons. The van der Waals surface area contributed by atoms with Gasteiger partial charge in [0.25, 0.3) is 0 Å². The molecule has 6 aromatic rings. The summed E-state index contributed by atoms with van der Waals surface area (Å²) in [7, 11) is 0. The highest BCUT2D eigenvalue weighted by atomic mass is 15.0. The summed E-state index contributed by atoms with van der Waals surface area (Å²) in [4.78, 5) is 0. The van der Waals surface area contributed by atoms with Gasteiger partial charge in [-0.2, -0.15) is 0 Å². The molecule has 1 aliphatic rings. The second-order valence-corrected chi connectivity index (χ2v) is 10.8. The van der Waals surface area contributed by atoms with Crippen LogP contribution in [-0.4, -0.2) is 4.57 Å². The molecule has 0 fully saturated rings. The quantitative estimate of drug-likeness (QED) is 0.241. The molecule has 0 aliphatic heterocycles. The van der Waals surface area contributed by atoms with E-state index < -0.39 is 0 Å². The highest BCUT2D eigenvalue weighted by Crippen LogP contribution is 2.50. The van der Waals surface area contributed by atoms with Crippen LogP contribution in [0.25, 0.3) is 49.7 Å². The van der Waals surface area contributed by atoms with Gasteiger partial charge < -0.3 is 4.57 Å². The van der Waals surface area contributed by atoms with E-state index in [4.69, 9.17) is 0 Å². The minimum atomic E-state index is -0.0251. The Morgan fingerprint density at radius 3 is 2.17 bits per heavy atom. The lowest BCUT2D eigenvalue weighted by Crippen LogP contribution is -2.14. The molecular weight excluding hydrogens is 434 g/mol. The Hall–Kier alpha value is -4.10. The first-order valence-electron chi connectivity index (χ1n) is 12.8. The Kier molecular flexibility index (Phi) is 4.39. The number of rotatable bonds is 2. The lowest BCUT2D eigenvalue weighted by Gasteiger charge is -2.21. The Morgan fingerprint density at radius 2 is 1.31 bits per heavy atom. The molecule has 0 N–H and O–H groups in total. The van der Waals surface area contributed by atoms with E-state index in [0.29, 0.717) is 0 Å². The number of aromatic nitrogens is 1. The fourth-order valence-electron chi connectivity index (χ4n) is 6.19. The summed E-state index contributed by atoms with van der Waals surface area (Å²) in [5, 5.41) is 2.61. The molecule has 0 unspecified atom stereocenters. The van der Waals surface area contributed by atoms with Crippen molar-refractivity contribution >= 4 is 21.8 Å². The normalized spacial score (nSPS) is 13.8. The first-order valence-corrected chi connectivity index (χ1v) is 12.8. The van der Waals surface area contributed by atoms with E-state index in [2.05, 4.69) is 135 Å². The van der Waals surface area contributed by atoms with E-state index >= 15 is 0 Å². The summed E-state index contributed by atoms with van der Waals surface area (Å²) >= 11 is 0. The summed E-state index contributed by atoms with van der Waals surface area (Å²) in [6, 6.07) is 38.4. The molecule has 0 spiro atoms. The van der Waals surface area contributed by atoms with Crippen molar-refractivity contribution in [1.29, 1.82) is 0 Å². The summed E-state index contributed by atoms with van der Waals surface area (Å²) in [6.45, 7) is 9.08. The van der Waals surface area contributed by atoms with Gasteiger partial charge in [0.15, 0.2) is 0 Å². The smallest absolute Gasteiger partial charge is 0.0544 e. The highest BCUT2D eigenvalue weighted by molar-refractivity contribution is 6.11. The number of para-hydroxylation sites is 1. The summed E-state index contributed by atoms with van der Waals surface area (Å²) in [5.74, 6) is 0. The van der Waals surface area contributed by atoms with Gasteiger partial charge in [-0.15, -0.1) is 0 Å². The van der Waals surface area contributed by atoms with E-state index in [1.165, 1.54) is 72.0 Å². The van der Waals surface area contributed by atoms with Gasteiger partial charge in [-0.05, 0) is 88.7 Å². The minimum Gasteiger partial charge on any atom is -0.309 e. The molecule has 1 nitrogen and oxygen atoms in total. The van der Waals surface area contributed by atoms with Crippen molar-refractivity contribution in [2.24, 2.45) is 0 Å². The van der Waals surface area contributed by atoms with E-state index in [9.17, 15) is 0 Å². The molecule has 5 aromatic carbocycles. The largest absolute Gasteiger partial charge is 0.309 e. The third-order valence-electron chi connectivity index (χ3n) is 8.32. The van der Waals surface area contributed by atoms with Crippen molar-refractivity contribution in [1.82, 2.24) is 4.57 Å². The lowest BCUT2D eigenvalue weighted by molar-refractivity contribution is 0.661. The number of hydrogen-bond donors (Lipinski definition) is 0. The Labute approximate surface area is 212 Å². The average molecular weight is 464 g/mol. The zero-order valence-electron chi connectivity index (χ0n) is 21.3. The van der Waals surface area contributed by atoms with Crippen LogP contribution in [0.15, 0.2) is 103 Å². The van der Waals surface area contributed by atoms with Gasteiger partial charge in [0, 0.05) is 21.9 Å². The monoisotopic (exact) mass is 463 g/mol. The number of aryl methyl sites for hydroxylation is 2. The SMILES string of the molecule is Cc1ccc(-c2cccc(-n3c4ccccc4c4cc5c(cc43)C(C)(C)c3ccccc3-5)c2)cc1C. The number of benzene rings is 5. The lowest BCUT2D eigenvalue weighted by atomic mass is 9.82. The maximum Gasteiger partial charge on any atom is 0.0544 e. The van der Waals surface area contributed by atoms with Gasteiger partial charge in [-0.25, -0.2) is 0 Å². The average Bonchev–Trinajstić information content (AvgIpc) is 3.34. The third-order valence-corrected chi connectivity index (χ3v) is 8.32. The molecule has 1 aromatic heterocycles. The Bertz CT molecular complexity index is 1830. The van der Waals surface area contributed by atoms with Gasteiger partial charge in [0.2, 0.25) is 0 Å². The molecule has 0 amide bonds. The third kappa shape index (κ3) is 2.89. The maximum absolute atomic E-state index is 2.45. The van der Waals surface area contributed by atoms with Crippen LogP contribution in [0.5, 0.6) is 0 Å². The van der Waals surface area contributed by atoms with Gasteiger partial charge >= 0.3 is 0 Å².